The number of rotatable bonds is 12. The largest absolute Gasteiger partial charge is 0.493 e. The van der Waals surface area contributed by atoms with Gasteiger partial charge < -0.3 is 24.6 Å². The van der Waals surface area contributed by atoms with E-state index in [2.05, 4.69) is 34.4 Å². The molecule has 31 heavy (non-hydrogen) atoms. The maximum atomic E-state index is 12.4. The van der Waals surface area contributed by atoms with Crippen LogP contribution in [0.25, 0.3) is 0 Å². The molecule has 0 bridgehead atoms. The van der Waals surface area contributed by atoms with Gasteiger partial charge in [-0.15, -0.1) is 5.10 Å². The summed E-state index contributed by atoms with van der Waals surface area (Å²) in [5, 5.41) is 10.5. The predicted molar refractivity (Wildman–Crippen MR) is 116 cm³/mol. The van der Waals surface area contributed by atoms with Crippen LogP contribution in [0.3, 0.4) is 0 Å². The van der Waals surface area contributed by atoms with Gasteiger partial charge in [-0.3, -0.25) is 9.59 Å². The van der Waals surface area contributed by atoms with Gasteiger partial charge in [-0.1, -0.05) is 25.1 Å². The van der Waals surface area contributed by atoms with E-state index in [1.807, 2.05) is 18.2 Å². The number of carbonyl (C=O) groups is 2. The fourth-order valence-electron chi connectivity index (χ4n) is 2.80. The molecule has 10 heteroatoms. The standard InChI is InChI=1S/C21H32N6O4/c1-6-26(7-2)10-11-31-18-9-8-16(12-19(18)30-5)13-22-21(29)17-14-27(24-23-17)15-20(28)25(3)4/h8-9,12,14H,6-7,10-11,13,15H2,1-5H3,(H,22,29). The lowest BCUT2D eigenvalue weighted by Crippen LogP contribution is -2.28. The zero-order valence-corrected chi connectivity index (χ0v) is 18.9. The number of nitrogens with one attached hydrogen (secondary N) is 1. The minimum absolute atomic E-state index is 0.0280. The van der Waals surface area contributed by atoms with Crippen molar-refractivity contribution in [1.29, 1.82) is 0 Å². The van der Waals surface area contributed by atoms with Crippen LogP contribution in [0.2, 0.25) is 0 Å². The van der Waals surface area contributed by atoms with Gasteiger partial charge in [-0.2, -0.15) is 0 Å². The molecular formula is C21H32N6O4. The number of benzene rings is 1. The lowest BCUT2D eigenvalue weighted by Gasteiger charge is -2.19. The molecule has 1 aromatic heterocycles. The molecular weight excluding hydrogens is 400 g/mol. The first kappa shape index (κ1) is 24.1. The van der Waals surface area contributed by atoms with Gasteiger partial charge >= 0.3 is 0 Å². The Morgan fingerprint density at radius 1 is 1.16 bits per heavy atom. The summed E-state index contributed by atoms with van der Waals surface area (Å²) >= 11 is 0. The lowest BCUT2D eigenvalue weighted by atomic mass is 10.2. The summed E-state index contributed by atoms with van der Waals surface area (Å²) in [4.78, 5) is 27.8. The van der Waals surface area contributed by atoms with Crippen LogP contribution in [0.5, 0.6) is 11.5 Å². The molecule has 0 aliphatic rings. The number of likely N-dealkylation sites (N-methyl/N-ethyl adjacent to an activating group) is 2. The number of carbonyl (C=O) groups excluding carboxylic acids is 2. The molecule has 0 unspecified atom stereocenters. The topological polar surface area (TPSA) is 102 Å². The van der Waals surface area contributed by atoms with E-state index in [4.69, 9.17) is 9.47 Å². The molecule has 0 radical (unpaired) electrons. The van der Waals surface area contributed by atoms with Gasteiger partial charge in [-0.05, 0) is 30.8 Å². The quantitative estimate of drug-likeness (QED) is 0.534. The summed E-state index contributed by atoms with van der Waals surface area (Å²) in [6, 6.07) is 5.55. The van der Waals surface area contributed by atoms with Crippen LogP contribution in [0.4, 0.5) is 0 Å². The molecule has 170 valence electrons. The van der Waals surface area contributed by atoms with Crippen LogP contribution in [0, 0.1) is 0 Å². The number of ether oxygens (including phenoxy) is 2. The van der Waals surface area contributed by atoms with Gasteiger partial charge in [0.25, 0.3) is 5.91 Å². The predicted octanol–water partition coefficient (Wildman–Crippen LogP) is 1.03. The fourth-order valence-corrected chi connectivity index (χ4v) is 2.80. The van der Waals surface area contributed by atoms with Crippen molar-refractivity contribution in [2.75, 3.05) is 47.4 Å². The number of hydrogen-bond donors (Lipinski definition) is 1. The average molecular weight is 433 g/mol. The Balaban J connectivity index is 1.91. The molecule has 0 saturated carbocycles. The van der Waals surface area contributed by atoms with Crippen molar-refractivity contribution in [3.8, 4) is 11.5 Å². The molecule has 0 fully saturated rings. The summed E-state index contributed by atoms with van der Waals surface area (Å²) in [6.07, 6.45) is 1.45. The average Bonchev–Trinajstić information content (AvgIpc) is 3.24. The molecule has 0 aliphatic carbocycles. The summed E-state index contributed by atoms with van der Waals surface area (Å²) in [6.45, 7) is 7.94. The Morgan fingerprint density at radius 2 is 1.90 bits per heavy atom. The second-order valence-electron chi connectivity index (χ2n) is 7.13. The van der Waals surface area contributed by atoms with Gasteiger partial charge in [0, 0.05) is 27.2 Å². The maximum Gasteiger partial charge on any atom is 0.273 e. The van der Waals surface area contributed by atoms with Crippen LogP contribution < -0.4 is 14.8 Å². The van der Waals surface area contributed by atoms with Crippen LogP contribution in [-0.4, -0.2) is 84.1 Å². The molecule has 0 atom stereocenters. The Labute approximate surface area is 183 Å². The molecule has 1 heterocycles. The Hall–Kier alpha value is -3.14. The lowest BCUT2D eigenvalue weighted by molar-refractivity contribution is -0.129. The van der Waals surface area contributed by atoms with Crippen LogP contribution in [-0.2, 0) is 17.9 Å². The Kier molecular flexibility index (Phi) is 9.26. The third-order valence-electron chi connectivity index (χ3n) is 4.81. The highest BCUT2D eigenvalue weighted by molar-refractivity contribution is 5.91. The second kappa shape index (κ2) is 11.9. The highest BCUT2D eigenvalue weighted by Crippen LogP contribution is 2.28. The number of aromatic nitrogens is 3. The summed E-state index contributed by atoms with van der Waals surface area (Å²) in [5.41, 5.74) is 1.01. The highest BCUT2D eigenvalue weighted by atomic mass is 16.5. The van der Waals surface area contributed by atoms with Crippen molar-refractivity contribution in [2.24, 2.45) is 0 Å². The minimum atomic E-state index is -0.373. The van der Waals surface area contributed by atoms with E-state index in [-0.39, 0.29) is 24.1 Å². The molecule has 0 saturated heterocycles. The molecule has 2 amide bonds. The van der Waals surface area contributed by atoms with Gasteiger partial charge in [0.05, 0.1) is 13.3 Å². The molecule has 1 aromatic carbocycles. The fraction of sp³-hybridized carbons (Fsp3) is 0.524. The zero-order chi connectivity index (χ0) is 22.8. The normalized spacial score (nSPS) is 10.8. The summed E-state index contributed by atoms with van der Waals surface area (Å²) in [7, 11) is 4.90. The van der Waals surface area contributed by atoms with Gasteiger partial charge in [0.1, 0.15) is 13.2 Å². The van der Waals surface area contributed by atoms with Crippen molar-refractivity contribution in [3.05, 3.63) is 35.7 Å². The van der Waals surface area contributed by atoms with Crippen LogP contribution >= 0.6 is 0 Å². The van der Waals surface area contributed by atoms with E-state index in [1.54, 1.807) is 21.2 Å². The van der Waals surface area contributed by atoms with E-state index in [0.717, 1.165) is 25.2 Å². The zero-order valence-electron chi connectivity index (χ0n) is 18.9. The van der Waals surface area contributed by atoms with Gasteiger partial charge in [0.2, 0.25) is 5.91 Å². The van der Waals surface area contributed by atoms with Crippen LogP contribution in [0.1, 0.15) is 29.9 Å². The number of nitrogens with zero attached hydrogens (tertiary/aromatic N) is 5. The van der Waals surface area contributed by atoms with Gasteiger partial charge in [0.15, 0.2) is 17.2 Å². The van der Waals surface area contributed by atoms with Crippen molar-refractivity contribution < 1.29 is 19.1 Å². The molecule has 0 aliphatic heterocycles. The molecule has 2 aromatic rings. The van der Waals surface area contributed by atoms with Crippen molar-refractivity contribution >= 4 is 11.8 Å². The Morgan fingerprint density at radius 3 is 2.55 bits per heavy atom. The molecule has 1 N–H and O–H groups in total. The third-order valence-corrected chi connectivity index (χ3v) is 4.81. The first-order chi connectivity index (χ1) is 14.9. The second-order valence-corrected chi connectivity index (χ2v) is 7.13. The van der Waals surface area contributed by atoms with Crippen molar-refractivity contribution in [1.82, 2.24) is 30.1 Å². The number of hydrogen-bond acceptors (Lipinski definition) is 7. The van der Waals surface area contributed by atoms with E-state index in [0.29, 0.717) is 24.7 Å². The van der Waals surface area contributed by atoms with E-state index in [1.165, 1.54) is 15.8 Å². The first-order valence-electron chi connectivity index (χ1n) is 10.3. The third kappa shape index (κ3) is 7.25. The molecule has 0 spiro atoms. The number of methoxy groups -OCH3 is 1. The van der Waals surface area contributed by atoms with Crippen molar-refractivity contribution in [3.63, 3.8) is 0 Å². The SMILES string of the molecule is CCN(CC)CCOc1ccc(CNC(=O)c2cn(CC(=O)N(C)C)nn2)cc1OC. The monoisotopic (exact) mass is 432 g/mol. The van der Waals surface area contributed by atoms with E-state index in [9.17, 15) is 9.59 Å². The number of amides is 2. The summed E-state index contributed by atoms with van der Waals surface area (Å²) in [5.74, 6) is 0.767. The van der Waals surface area contributed by atoms with Crippen molar-refractivity contribution in [2.45, 2.75) is 26.9 Å². The minimum Gasteiger partial charge on any atom is -0.493 e. The maximum absolute atomic E-state index is 12.4. The molecule has 2 rings (SSSR count). The Bertz CT molecular complexity index is 863. The van der Waals surface area contributed by atoms with Crippen LogP contribution in [0.15, 0.2) is 24.4 Å². The summed E-state index contributed by atoms with van der Waals surface area (Å²) < 4.78 is 12.6. The molecule has 10 nitrogen and oxygen atoms in total. The first-order valence-corrected chi connectivity index (χ1v) is 10.3. The van der Waals surface area contributed by atoms with Gasteiger partial charge in [-0.25, -0.2) is 4.68 Å². The smallest absolute Gasteiger partial charge is 0.273 e. The highest BCUT2D eigenvalue weighted by Gasteiger charge is 2.14. The van der Waals surface area contributed by atoms with E-state index >= 15 is 0 Å². The van der Waals surface area contributed by atoms with E-state index < -0.39 is 0 Å².